The van der Waals surface area contributed by atoms with Crippen molar-refractivity contribution in [2.24, 2.45) is 0 Å². The molecule has 2 aliphatic carbocycles. The van der Waals surface area contributed by atoms with E-state index in [0.29, 0.717) is 17.7 Å². The van der Waals surface area contributed by atoms with Gasteiger partial charge in [-0.2, -0.15) is 9.15 Å². The molecule has 2 unspecified atom stereocenters. The summed E-state index contributed by atoms with van der Waals surface area (Å²) in [5.74, 6) is 1.62. The second-order valence-electron chi connectivity index (χ2n) is 13.4. The Kier molecular flexibility index (Phi) is 5.43. The lowest BCUT2D eigenvalue weighted by Gasteiger charge is -2.35. The molecule has 2 atom stereocenters. The van der Waals surface area contributed by atoms with Gasteiger partial charge in [0, 0.05) is 39.9 Å². The van der Waals surface area contributed by atoms with Gasteiger partial charge in [-0.3, -0.25) is 9.97 Å². The smallest absolute Gasteiger partial charge is 0.323 e. The molecule has 9 heteroatoms. The molecule has 7 heterocycles. The van der Waals surface area contributed by atoms with E-state index in [0.717, 1.165) is 39.7 Å². The summed E-state index contributed by atoms with van der Waals surface area (Å²) < 4.78 is 4.35. The number of hydrogen-bond donors (Lipinski definition) is 0. The van der Waals surface area contributed by atoms with Crippen LogP contribution in [0.3, 0.4) is 0 Å². The molecule has 0 N–H and O–H groups in total. The lowest BCUT2D eigenvalue weighted by Crippen LogP contribution is -2.44. The molecule has 0 spiro atoms. The van der Waals surface area contributed by atoms with E-state index in [1.165, 1.54) is 33.6 Å². The van der Waals surface area contributed by atoms with Gasteiger partial charge in [0.05, 0.1) is 29.3 Å². The number of rotatable bonds is 3. The molecule has 0 amide bonds. The van der Waals surface area contributed by atoms with E-state index in [9.17, 15) is 0 Å². The maximum atomic E-state index is 5.41. The predicted octanol–water partition coefficient (Wildman–Crippen LogP) is 7.85. The Morgan fingerprint density at radius 1 is 0.500 bits per heavy atom. The Balaban J connectivity index is 1.14. The zero-order chi connectivity index (χ0) is 33.9. The summed E-state index contributed by atoms with van der Waals surface area (Å²) in [5, 5.41) is 0. The third-order valence-electron chi connectivity index (χ3n) is 10.8. The van der Waals surface area contributed by atoms with Crippen molar-refractivity contribution in [3.63, 3.8) is 0 Å². The fourth-order valence-corrected chi connectivity index (χ4v) is 8.77. The summed E-state index contributed by atoms with van der Waals surface area (Å²) in [7, 11) is 0. The van der Waals surface area contributed by atoms with E-state index < -0.39 is 0 Å². The van der Waals surface area contributed by atoms with Crippen molar-refractivity contribution in [2.75, 3.05) is 9.80 Å². The second kappa shape index (κ2) is 10.2. The molecule has 3 aromatic carbocycles. The largest absolute Gasteiger partial charge is 0.447 e. The lowest BCUT2D eigenvalue weighted by molar-refractivity contribution is 0.824. The van der Waals surface area contributed by atoms with Crippen LogP contribution in [0.2, 0.25) is 0 Å². The summed E-state index contributed by atoms with van der Waals surface area (Å²) in [6.07, 6.45) is 20.6. The molecule has 6 aliphatic rings. The van der Waals surface area contributed by atoms with E-state index in [4.69, 9.17) is 15.0 Å². The standard InChI is InChI=1S/C43H27N9/c1-2-10-26(11-3-1)41-46-42(51-35-18-8-14-29-27-12-4-6-16-31(27)49(39(29)35)33-20-22-44-24-37(33)51)48-43(47-41)52-36-19-9-15-30-28-13-5-7-17-32(28)50(40(30)36)34-21-23-45-25-38(34)52/h1-25,39-40H/q+2. The number of aromatic nitrogens is 5. The van der Waals surface area contributed by atoms with Gasteiger partial charge in [0.1, 0.15) is 34.9 Å². The zero-order valence-corrected chi connectivity index (χ0v) is 27.6. The van der Waals surface area contributed by atoms with Crippen LogP contribution < -0.4 is 19.0 Å². The van der Waals surface area contributed by atoms with E-state index in [-0.39, 0.29) is 12.1 Å². The predicted molar refractivity (Wildman–Crippen MR) is 206 cm³/mol. The maximum absolute atomic E-state index is 5.41. The Morgan fingerprint density at radius 2 is 1.00 bits per heavy atom. The van der Waals surface area contributed by atoms with Crippen molar-refractivity contribution in [1.82, 2.24) is 34.1 Å². The Hall–Kier alpha value is -7.13. The highest BCUT2D eigenvalue weighted by Crippen LogP contribution is 2.53. The van der Waals surface area contributed by atoms with Gasteiger partial charge in [-0.25, -0.2) is 0 Å². The van der Waals surface area contributed by atoms with E-state index in [2.05, 4.69) is 126 Å². The average Bonchev–Trinajstić information content (AvgIpc) is 3.74. The molecule has 0 radical (unpaired) electrons. The van der Waals surface area contributed by atoms with Crippen molar-refractivity contribution < 1.29 is 0 Å². The number of fused-ring (bicyclic) bond motifs is 10. The zero-order valence-electron chi connectivity index (χ0n) is 27.6. The van der Waals surface area contributed by atoms with Crippen LogP contribution in [-0.2, 0) is 0 Å². The lowest BCUT2D eigenvalue weighted by atomic mass is 9.92. The third-order valence-corrected chi connectivity index (χ3v) is 10.8. The highest BCUT2D eigenvalue weighted by Gasteiger charge is 2.49. The van der Waals surface area contributed by atoms with Gasteiger partial charge < -0.3 is 9.80 Å². The molecule has 0 saturated heterocycles. The highest BCUT2D eigenvalue weighted by molar-refractivity contribution is 6.22. The number of nitrogens with zero attached hydrogens (tertiary/aromatic N) is 9. The minimum absolute atomic E-state index is 0.0495. The molecule has 3 aromatic heterocycles. The molecule has 6 aromatic rings. The van der Waals surface area contributed by atoms with Crippen molar-refractivity contribution in [2.45, 2.75) is 12.1 Å². The summed E-state index contributed by atoms with van der Waals surface area (Å²) in [5.41, 5.74) is 14.2. The third kappa shape index (κ3) is 3.58. The number of benzene rings is 3. The van der Waals surface area contributed by atoms with Crippen LogP contribution in [0.5, 0.6) is 0 Å². The van der Waals surface area contributed by atoms with E-state index >= 15 is 0 Å². The molecular weight excluding hydrogens is 643 g/mol. The van der Waals surface area contributed by atoms with Crippen molar-refractivity contribution >= 4 is 68.6 Å². The quantitative estimate of drug-likeness (QED) is 0.178. The number of hydrogen-bond acceptors (Lipinski definition) is 7. The SMILES string of the molecule is C1=CC2=[N+](c3nc(-c4ccccc4)nc([N+]4=C5C=CC=C6c7ccccc7N(c7ccncc74)C65)n3)c3cnccc3N3c4ccccc4C(=C1)C23. The first-order chi connectivity index (χ1) is 25.8. The first-order valence-corrected chi connectivity index (χ1v) is 17.4. The van der Waals surface area contributed by atoms with Gasteiger partial charge >= 0.3 is 17.7 Å². The van der Waals surface area contributed by atoms with Crippen LogP contribution in [0.4, 0.5) is 46.0 Å². The molecule has 0 bridgehead atoms. The Labute approximate surface area is 298 Å². The van der Waals surface area contributed by atoms with Crippen molar-refractivity contribution in [3.8, 4) is 11.4 Å². The number of allylic oxidation sites excluding steroid dienone is 4. The van der Waals surface area contributed by atoms with Gasteiger partial charge in [-0.1, -0.05) is 78.9 Å². The molecule has 4 aliphatic heterocycles. The van der Waals surface area contributed by atoms with E-state index in [1.54, 1.807) is 0 Å². The molecule has 242 valence electrons. The molecule has 0 fully saturated rings. The topological polar surface area (TPSA) is 77.0 Å². The first kappa shape index (κ1) is 27.7. The van der Waals surface area contributed by atoms with Gasteiger partial charge in [0.2, 0.25) is 0 Å². The molecule has 12 rings (SSSR count). The molecule has 52 heavy (non-hydrogen) atoms. The minimum atomic E-state index is -0.0495. The van der Waals surface area contributed by atoms with Gasteiger partial charge in [0.25, 0.3) is 0 Å². The number of anilines is 4. The number of para-hydroxylation sites is 2. The monoisotopic (exact) mass is 669 g/mol. The van der Waals surface area contributed by atoms with Crippen LogP contribution in [0, 0.1) is 0 Å². The molecule has 0 saturated carbocycles. The van der Waals surface area contributed by atoms with Crippen LogP contribution in [0.15, 0.2) is 152 Å². The van der Waals surface area contributed by atoms with Gasteiger partial charge in [0.15, 0.2) is 0 Å². The highest BCUT2D eigenvalue weighted by atomic mass is 15.4. The molecule has 9 nitrogen and oxygen atoms in total. The first-order valence-electron chi connectivity index (χ1n) is 17.4. The van der Waals surface area contributed by atoms with Crippen molar-refractivity contribution in [1.29, 1.82) is 0 Å². The normalized spacial score (nSPS) is 19.4. The summed E-state index contributed by atoms with van der Waals surface area (Å²) >= 11 is 0. The summed E-state index contributed by atoms with van der Waals surface area (Å²) in [6, 6.07) is 31.5. The second-order valence-corrected chi connectivity index (χ2v) is 13.4. The van der Waals surface area contributed by atoms with Crippen LogP contribution in [0.1, 0.15) is 11.1 Å². The van der Waals surface area contributed by atoms with Gasteiger partial charge in [-0.05, 0) is 69.7 Å². The van der Waals surface area contributed by atoms with E-state index in [1.807, 2.05) is 55.1 Å². The average molecular weight is 670 g/mol. The van der Waals surface area contributed by atoms with Crippen molar-refractivity contribution in [3.05, 3.63) is 163 Å². The van der Waals surface area contributed by atoms with Crippen LogP contribution in [0.25, 0.3) is 22.5 Å². The van der Waals surface area contributed by atoms with Crippen LogP contribution >= 0.6 is 0 Å². The Morgan fingerprint density at radius 3 is 1.54 bits per heavy atom. The fourth-order valence-electron chi connectivity index (χ4n) is 8.77. The van der Waals surface area contributed by atoms with Gasteiger partial charge in [-0.15, -0.1) is 0 Å². The summed E-state index contributed by atoms with van der Waals surface area (Å²) in [4.78, 5) is 30.0. The maximum Gasteiger partial charge on any atom is 0.447 e. The fraction of sp³-hybridized carbons (Fsp3) is 0.0465. The Bertz CT molecular complexity index is 2610. The van der Waals surface area contributed by atoms with Crippen LogP contribution in [-0.4, -0.2) is 48.4 Å². The summed E-state index contributed by atoms with van der Waals surface area (Å²) in [6.45, 7) is 0. The molecular formula is C43H27N9+2. The number of pyridine rings is 2. The minimum Gasteiger partial charge on any atom is -0.323 e.